The van der Waals surface area contributed by atoms with Gasteiger partial charge in [-0.3, -0.25) is 4.79 Å². The van der Waals surface area contributed by atoms with Crippen LogP contribution in [0.25, 0.3) is 11.0 Å². The van der Waals surface area contributed by atoms with E-state index in [-0.39, 0.29) is 5.91 Å². The highest BCUT2D eigenvalue weighted by Gasteiger charge is 2.10. The molecule has 0 fully saturated rings. The second-order valence-electron chi connectivity index (χ2n) is 4.27. The fraction of sp³-hybridized carbons (Fsp3) is 0.0667. The number of rotatable bonds is 3. The molecule has 0 aliphatic carbocycles. The van der Waals surface area contributed by atoms with Crippen molar-refractivity contribution < 1.29 is 4.79 Å². The fourth-order valence-corrected chi connectivity index (χ4v) is 2.02. The number of H-pyrrole nitrogens is 1. The van der Waals surface area contributed by atoms with Gasteiger partial charge in [-0.1, -0.05) is 36.4 Å². The van der Waals surface area contributed by atoms with Gasteiger partial charge in [-0.15, -0.1) is 0 Å². The fourth-order valence-electron chi connectivity index (χ4n) is 2.02. The van der Waals surface area contributed by atoms with Gasteiger partial charge in [0.05, 0.1) is 17.4 Å². The molecule has 1 aromatic heterocycles. The highest BCUT2D eigenvalue weighted by Crippen LogP contribution is 2.14. The molecule has 0 aliphatic rings. The van der Waals surface area contributed by atoms with E-state index in [4.69, 9.17) is 0 Å². The molecule has 2 aromatic carbocycles. The minimum Gasteiger partial charge on any atom is -0.348 e. The van der Waals surface area contributed by atoms with Gasteiger partial charge >= 0.3 is 0 Å². The maximum absolute atomic E-state index is 12.2. The number of para-hydroxylation sites is 1. The molecule has 3 aromatic rings. The Balaban J connectivity index is 1.79. The molecule has 1 amide bonds. The maximum atomic E-state index is 12.2. The number of carbonyl (C=O) groups excluding carboxylic acids is 1. The Morgan fingerprint density at radius 3 is 2.79 bits per heavy atom. The molecule has 0 spiro atoms. The molecule has 0 aliphatic heterocycles. The predicted octanol–water partition coefficient (Wildman–Crippen LogP) is 2.49. The van der Waals surface area contributed by atoms with E-state index in [1.54, 1.807) is 12.4 Å². The van der Waals surface area contributed by atoms with Crippen LogP contribution in [0.5, 0.6) is 0 Å². The van der Waals surface area contributed by atoms with Crippen molar-refractivity contribution in [3.8, 4) is 0 Å². The first-order valence-electron chi connectivity index (χ1n) is 6.09. The minimum absolute atomic E-state index is 0.110. The van der Waals surface area contributed by atoms with E-state index in [2.05, 4.69) is 15.3 Å². The molecule has 2 N–H and O–H groups in total. The van der Waals surface area contributed by atoms with Gasteiger partial charge in [0.1, 0.15) is 5.52 Å². The second kappa shape index (κ2) is 4.94. The first-order valence-corrected chi connectivity index (χ1v) is 6.09. The number of hydrogen-bond acceptors (Lipinski definition) is 2. The third-order valence-corrected chi connectivity index (χ3v) is 2.99. The zero-order valence-corrected chi connectivity index (χ0v) is 10.3. The normalized spacial score (nSPS) is 10.5. The Hall–Kier alpha value is -2.62. The summed E-state index contributed by atoms with van der Waals surface area (Å²) < 4.78 is 0. The van der Waals surface area contributed by atoms with E-state index in [9.17, 15) is 4.79 Å². The maximum Gasteiger partial charge on any atom is 0.253 e. The Kier molecular flexibility index (Phi) is 2.98. The van der Waals surface area contributed by atoms with Crippen molar-refractivity contribution in [3.05, 3.63) is 66.0 Å². The van der Waals surface area contributed by atoms with Crippen molar-refractivity contribution in [1.29, 1.82) is 0 Å². The lowest BCUT2D eigenvalue weighted by molar-refractivity contribution is 0.0952. The molecule has 3 rings (SSSR count). The van der Waals surface area contributed by atoms with Crippen molar-refractivity contribution in [3.63, 3.8) is 0 Å². The van der Waals surface area contributed by atoms with E-state index >= 15 is 0 Å². The van der Waals surface area contributed by atoms with Crippen LogP contribution in [-0.2, 0) is 6.54 Å². The summed E-state index contributed by atoms with van der Waals surface area (Å²) in [7, 11) is 0. The average molecular weight is 251 g/mol. The molecule has 0 saturated heterocycles. The van der Waals surface area contributed by atoms with Gasteiger partial charge in [0.2, 0.25) is 0 Å². The van der Waals surface area contributed by atoms with Gasteiger partial charge in [0.25, 0.3) is 5.91 Å². The number of hydrogen-bond donors (Lipinski definition) is 2. The van der Waals surface area contributed by atoms with Crippen molar-refractivity contribution in [2.24, 2.45) is 0 Å². The van der Waals surface area contributed by atoms with Crippen LogP contribution in [0, 0.1) is 0 Å². The molecule has 4 nitrogen and oxygen atoms in total. The van der Waals surface area contributed by atoms with Crippen LogP contribution in [0.2, 0.25) is 0 Å². The topological polar surface area (TPSA) is 57.8 Å². The number of fused-ring (bicyclic) bond motifs is 1. The monoisotopic (exact) mass is 251 g/mol. The third-order valence-electron chi connectivity index (χ3n) is 2.99. The Labute approximate surface area is 110 Å². The summed E-state index contributed by atoms with van der Waals surface area (Å²) in [5.74, 6) is -0.110. The smallest absolute Gasteiger partial charge is 0.253 e. The van der Waals surface area contributed by atoms with Gasteiger partial charge in [-0.2, -0.15) is 0 Å². The number of amides is 1. The number of nitrogens with zero attached hydrogens (tertiary/aromatic N) is 1. The standard InChI is InChI=1S/C15H13N3O/c19-15(16-9-11-5-2-1-3-6-11)12-7-4-8-13-14(12)18-10-17-13/h1-8,10H,9H2,(H,16,19)(H,17,18). The number of aromatic amines is 1. The van der Waals surface area contributed by atoms with E-state index < -0.39 is 0 Å². The average Bonchev–Trinajstić information content (AvgIpc) is 2.94. The van der Waals surface area contributed by atoms with Crippen LogP contribution in [0.1, 0.15) is 15.9 Å². The lowest BCUT2D eigenvalue weighted by Gasteiger charge is -2.05. The van der Waals surface area contributed by atoms with E-state index in [0.29, 0.717) is 17.6 Å². The van der Waals surface area contributed by atoms with Crippen molar-refractivity contribution >= 4 is 16.9 Å². The molecular weight excluding hydrogens is 238 g/mol. The summed E-state index contributed by atoms with van der Waals surface area (Å²) in [6, 6.07) is 15.4. The van der Waals surface area contributed by atoms with E-state index in [1.165, 1.54) is 0 Å². The van der Waals surface area contributed by atoms with E-state index in [0.717, 1.165) is 11.1 Å². The molecule has 19 heavy (non-hydrogen) atoms. The van der Waals surface area contributed by atoms with Crippen LogP contribution in [0.3, 0.4) is 0 Å². The third kappa shape index (κ3) is 2.33. The minimum atomic E-state index is -0.110. The molecule has 94 valence electrons. The first kappa shape index (κ1) is 11.5. The summed E-state index contributed by atoms with van der Waals surface area (Å²) >= 11 is 0. The number of nitrogens with one attached hydrogen (secondary N) is 2. The summed E-state index contributed by atoms with van der Waals surface area (Å²) in [6.45, 7) is 0.514. The molecule has 1 heterocycles. The largest absolute Gasteiger partial charge is 0.348 e. The van der Waals surface area contributed by atoms with Gasteiger partial charge in [-0.05, 0) is 17.7 Å². The Morgan fingerprint density at radius 1 is 1.11 bits per heavy atom. The van der Waals surface area contributed by atoms with Crippen LogP contribution >= 0.6 is 0 Å². The van der Waals surface area contributed by atoms with Gasteiger partial charge in [0.15, 0.2) is 0 Å². The van der Waals surface area contributed by atoms with Crippen LogP contribution in [0.15, 0.2) is 54.9 Å². The van der Waals surface area contributed by atoms with Gasteiger partial charge < -0.3 is 10.3 Å². The molecule has 0 unspecified atom stereocenters. The van der Waals surface area contributed by atoms with Crippen molar-refractivity contribution in [2.45, 2.75) is 6.54 Å². The zero-order chi connectivity index (χ0) is 13.1. The highest BCUT2D eigenvalue weighted by atomic mass is 16.1. The molecule has 4 heteroatoms. The summed E-state index contributed by atoms with van der Waals surface area (Å²) in [5.41, 5.74) is 3.24. The number of imidazole rings is 1. The van der Waals surface area contributed by atoms with Crippen molar-refractivity contribution in [1.82, 2.24) is 15.3 Å². The van der Waals surface area contributed by atoms with Crippen LogP contribution in [-0.4, -0.2) is 15.9 Å². The lowest BCUT2D eigenvalue weighted by atomic mass is 10.1. The zero-order valence-electron chi connectivity index (χ0n) is 10.3. The van der Waals surface area contributed by atoms with E-state index in [1.807, 2.05) is 42.5 Å². The highest BCUT2D eigenvalue weighted by molar-refractivity contribution is 6.04. The molecule has 0 saturated carbocycles. The van der Waals surface area contributed by atoms with Crippen LogP contribution < -0.4 is 5.32 Å². The predicted molar refractivity (Wildman–Crippen MR) is 73.7 cm³/mol. The molecule has 0 radical (unpaired) electrons. The number of carbonyl (C=O) groups is 1. The second-order valence-corrected chi connectivity index (χ2v) is 4.27. The number of aromatic nitrogens is 2. The summed E-state index contributed by atoms with van der Waals surface area (Å²) in [4.78, 5) is 19.3. The molecular formula is C15H13N3O. The lowest BCUT2D eigenvalue weighted by Crippen LogP contribution is -2.23. The first-order chi connectivity index (χ1) is 9.34. The Bertz CT molecular complexity index is 703. The molecule has 0 atom stereocenters. The van der Waals surface area contributed by atoms with Gasteiger partial charge in [0, 0.05) is 6.54 Å². The SMILES string of the molecule is O=C(NCc1ccccc1)c1cccc2[nH]cnc12. The Morgan fingerprint density at radius 2 is 1.95 bits per heavy atom. The van der Waals surface area contributed by atoms with Crippen molar-refractivity contribution in [2.75, 3.05) is 0 Å². The summed E-state index contributed by atoms with van der Waals surface area (Å²) in [5, 5.41) is 2.90. The van der Waals surface area contributed by atoms with Gasteiger partial charge in [-0.25, -0.2) is 4.98 Å². The molecule has 0 bridgehead atoms. The van der Waals surface area contributed by atoms with Crippen LogP contribution in [0.4, 0.5) is 0 Å². The quantitative estimate of drug-likeness (QED) is 0.751. The number of benzene rings is 2. The summed E-state index contributed by atoms with van der Waals surface area (Å²) in [6.07, 6.45) is 1.60.